The van der Waals surface area contributed by atoms with Gasteiger partial charge in [0.25, 0.3) is 0 Å². The molecule has 2 aromatic heterocycles. The average Bonchev–Trinajstić information content (AvgIpc) is 2.67. The van der Waals surface area contributed by atoms with Gasteiger partial charge in [-0.3, -0.25) is 4.98 Å². The normalized spacial score (nSPS) is 11.3. The lowest BCUT2D eigenvalue weighted by Crippen LogP contribution is -2.10. The van der Waals surface area contributed by atoms with Gasteiger partial charge in [-0.25, -0.2) is 9.97 Å². The summed E-state index contributed by atoms with van der Waals surface area (Å²) >= 11 is 1.06. The van der Waals surface area contributed by atoms with Crippen molar-refractivity contribution in [1.29, 1.82) is 0 Å². The van der Waals surface area contributed by atoms with Crippen LogP contribution in [0.15, 0.2) is 58.6 Å². The van der Waals surface area contributed by atoms with Crippen LogP contribution >= 0.6 is 11.8 Å². The molecule has 0 fully saturated rings. The van der Waals surface area contributed by atoms with E-state index < -0.39 is 11.9 Å². The van der Waals surface area contributed by atoms with Crippen molar-refractivity contribution in [1.82, 2.24) is 15.0 Å². The molecular weight excluding hydrogens is 379 g/mol. The molecule has 0 aliphatic carbocycles. The fourth-order valence-corrected chi connectivity index (χ4v) is 3.08. The van der Waals surface area contributed by atoms with E-state index in [1.54, 1.807) is 36.4 Å². The first-order valence-electron chi connectivity index (χ1n) is 7.68. The molecule has 3 rings (SSSR count). The van der Waals surface area contributed by atoms with Gasteiger partial charge in [-0.15, -0.1) is 0 Å². The van der Waals surface area contributed by atoms with Crippen molar-refractivity contribution < 1.29 is 22.6 Å². The SMILES string of the molecule is COc1ccc(Sc2cc(C(F)(F)F)nc(-c3ccccn3)n2)cc1OC. The summed E-state index contributed by atoms with van der Waals surface area (Å²) in [5.74, 6) is 0.903. The van der Waals surface area contributed by atoms with Crippen LogP contribution in [0, 0.1) is 0 Å². The van der Waals surface area contributed by atoms with Crippen LogP contribution in [0.25, 0.3) is 11.5 Å². The smallest absolute Gasteiger partial charge is 0.433 e. The minimum absolute atomic E-state index is 0.0894. The zero-order valence-electron chi connectivity index (χ0n) is 14.3. The summed E-state index contributed by atoms with van der Waals surface area (Å²) < 4.78 is 50.2. The number of rotatable bonds is 5. The summed E-state index contributed by atoms with van der Waals surface area (Å²) in [6.45, 7) is 0. The third-order valence-electron chi connectivity index (χ3n) is 3.46. The van der Waals surface area contributed by atoms with Crippen molar-refractivity contribution in [3.8, 4) is 23.0 Å². The van der Waals surface area contributed by atoms with E-state index in [9.17, 15) is 13.2 Å². The first-order chi connectivity index (χ1) is 12.9. The highest BCUT2D eigenvalue weighted by Gasteiger charge is 2.34. The Hall–Kier alpha value is -2.81. The molecular formula is C18H14F3N3O2S. The molecule has 0 aliphatic rings. The molecule has 140 valence electrons. The van der Waals surface area contributed by atoms with Crippen LogP contribution < -0.4 is 9.47 Å². The first-order valence-corrected chi connectivity index (χ1v) is 8.50. The van der Waals surface area contributed by atoms with E-state index in [4.69, 9.17) is 9.47 Å². The van der Waals surface area contributed by atoms with Gasteiger partial charge in [0.05, 0.1) is 14.2 Å². The lowest BCUT2D eigenvalue weighted by atomic mass is 10.3. The molecule has 0 radical (unpaired) electrons. The summed E-state index contributed by atoms with van der Waals surface area (Å²) in [6.07, 6.45) is -3.13. The van der Waals surface area contributed by atoms with Gasteiger partial charge in [-0.1, -0.05) is 17.8 Å². The molecule has 5 nitrogen and oxygen atoms in total. The largest absolute Gasteiger partial charge is 0.493 e. The molecule has 0 aliphatic heterocycles. The van der Waals surface area contributed by atoms with Crippen molar-refractivity contribution in [3.63, 3.8) is 0 Å². The van der Waals surface area contributed by atoms with Gasteiger partial charge in [-0.2, -0.15) is 13.2 Å². The zero-order chi connectivity index (χ0) is 19.4. The molecule has 9 heteroatoms. The Kier molecular flexibility index (Phi) is 5.50. The second-order valence-electron chi connectivity index (χ2n) is 5.25. The van der Waals surface area contributed by atoms with E-state index in [2.05, 4.69) is 15.0 Å². The summed E-state index contributed by atoms with van der Waals surface area (Å²) in [5, 5.41) is 0.144. The van der Waals surface area contributed by atoms with Gasteiger partial charge in [0.15, 0.2) is 17.3 Å². The molecule has 0 spiro atoms. The van der Waals surface area contributed by atoms with Gasteiger partial charge in [-0.05, 0) is 30.3 Å². The molecule has 0 bridgehead atoms. The van der Waals surface area contributed by atoms with Crippen molar-refractivity contribution in [2.45, 2.75) is 16.1 Å². The van der Waals surface area contributed by atoms with Gasteiger partial charge >= 0.3 is 6.18 Å². The number of halogens is 3. The summed E-state index contributed by atoms with van der Waals surface area (Å²) in [6, 6.07) is 10.8. The second kappa shape index (κ2) is 7.83. The van der Waals surface area contributed by atoms with Crippen molar-refractivity contribution in [2.75, 3.05) is 14.2 Å². The minimum atomic E-state index is -4.60. The number of hydrogen-bond acceptors (Lipinski definition) is 6. The highest BCUT2D eigenvalue weighted by Crippen LogP contribution is 2.37. The quantitative estimate of drug-likeness (QED) is 0.585. The number of hydrogen-bond donors (Lipinski definition) is 0. The Morgan fingerprint density at radius 2 is 1.70 bits per heavy atom. The lowest BCUT2D eigenvalue weighted by Gasteiger charge is -2.11. The first kappa shape index (κ1) is 19.0. The van der Waals surface area contributed by atoms with Crippen LogP contribution in [-0.2, 0) is 6.18 Å². The second-order valence-corrected chi connectivity index (χ2v) is 6.34. The van der Waals surface area contributed by atoms with E-state index in [1.807, 2.05) is 0 Å². The zero-order valence-corrected chi connectivity index (χ0v) is 15.1. The monoisotopic (exact) mass is 393 g/mol. The van der Waals surface area contributed by atoms with E-state index >= 15 is 0 Å². The molecule has 2 heterocycles. The maximum absolute atomic E-state index is 13.3. The summed E-state index contributed by atoms with van der Waals surface area (Å²) in [7, 11) is 2.99. The molecule has 27 heavy (non-hydrogen) atoms. The van der Waals surface area contributed by atoms with Crippen molar-refractivity contribution >= 4 is 11.8 Å². The molecule has 0 N–H and O–H groups in total. The molecule has 3 aromatic rings. The highest BCUT2D eigenvalue weighted by molar-refractivity contribution is 7.99. The number of alkyl halides is 3. The highest BCUT2D eigenvalue weighted by atomic mass is 32.2. The van der Waals surface area contributed by atoms with E-state index in [-0.39, 0.29) is 16.5 Å². The number of ether oxygens (including phenoxy) is 2. The predicted octanol–water partition coefficient (Wildman–Crippen LogP) is 4.73. The fourth-order valence-electron chi connectivity index (χ4n) is 2.23. The Morgan fingerprint density at radius 3 is 2.33 bits per heavy atom. The van der Waals surface area contributed by atoms with Gasteiger partial charge in [0.1, 0.15) is 16.4 Å². The van der Waals surface area contributed by atoms with E-state index in [0.717, 1.165) is 17.8 Å². The number of aromatic nitrogens is 3. The third kappa shape index (κ3) is 4.48. The molecule has 0 unspecified atom stereocenters. The predicted molar refractivity (Wildman–Crippen MR) is 93.9 cm³/mol. The average molecular weight is 393 g/mol. The standard InChI is InChI=1S/C18H14F3N3O2S/c1-25-13-7-6-11(9-14(13)26-2)27-16-10-15(18(19,20)21)23-17(24-16)12-5-3-4-8-22-12/h3-10H,1-2H3. The van der Waals surface area contributed by atoms with Gasteiger partial charge < -0.3 is 9.47 Å². The topological polar surface area (TPSA) is 57.1 Å². The number of methoxy groups -OCH3 is 2. The maximum atomic E-state index is 13.3. The van der Waals surface area contributed by atoms with E-state index in [0.29, 0.717) is 16.4 Å². The van der Waals surface area contributed by atoms with Crippen LogP contribution in [0.4, 0.5) is 13.2 Å². The Labute approximate surface area is 157 Å². The minimum Gasteiger partial charge on any atom is -0.493 e. The maximum Gasteiger partial charge on any atom is 0.433 e. The fraction of sp³-hybridized carbons (Fsp3) is 0.167. The lowest BCUT2D eigenvalue weighted by molar-refractivity contribution is -0.141. The van der Waals surface area contributed by atoms with Crippen LogP contribution in [0.3, 0.4) is 0 Å². The Bertz CT molecular complexity index is 937. The van der Waals surface area contributed by atoms with Crippen LogP contribution in [0.2, 0.25) is 0 Å². The number of benzene rings is 1. The van der Waals surface area contributed by atoms with Crippen LogP contribution in [0.5, 0.6) is 11.5 Å². The molecule has 0 saturated carbocycles. The Balaban J connectivity index is 2.02. The Morgan fingerprint density at radius 1 is 0.926 bits per heavy atom. The number of nitrogens with zero attached hydrogens (tertiary/aromatic N) is 3. The van der Waals surface area contributed by atoms with Crippen molar-refractivity contribution in [2.24, 2.45) is 0 Å². The number of pyridine rings is 1. The van der Waals surface area contributed by atoms with Gasteiger partial charge in [0, 0.05) is 17.2 Å². The summed E-state index contributed by atoms with van der Waals surface area (Å²) in [5.41, 5.74) is -0.765. The van der Waals surface area contributed by atoms with E-state index in [1.165, 1.54) is 20.4 Å². The van der Waals surface area contributed by atoms with Crippen molar-refractivity contribution in [3.05, 3.63) is 54.4 Å². The molecule has 0 amide bonds. The molecule has 1 aromatic carbocycles. The molecule has 0 saturated heterocycles. The summed E-state index contributed by atoms with van der Waals surface area (Å²) in [4.78, 5) is 12.5. The molecule has 0 atom stereocenters. The van der Waals surface area contributed by atoms with Crippen LogP contribution in [-0.4, -0.2) is 29.2 Å². The third-order valence-corrected chi connectivity index (χ3v) is 4.37. The van der Waals surface area contributed by atoms with Crippen LogP contribution in [0.1, 0.15) is 5.69 Å². The van der Waals surface area contributed by atoms with Gasteiger partial charge in [0.2, 0.25) is 0 Å².